The van der Waals surface area contributed by atoms with Crippen LogP contribution in [-0.2, 0) is 9.84 Å². The van der Waals surface area contributed by atoms with Gasteiger partial charge in [0, 0.05) is 31.6 Å². The predicted octanol–water partition coefficient (Wildman–Crippen LogP) is 1.21. The van der Waals surface area contributed by atoms with Gasteiger partial charge in [-0.05, 0) is 24.6 Å². The zero-order valence-electron chi connectivity index (χ0n) is 12.0. The summed E-state index contributed by atoms with van der Waals surface area (Å²) >= 11 is 0. The molecule has 1 aromatic rings. The number of nitrogens with one attached hydrogen (secondary N) is 1. The number of nitrogens with two attached hydrogens (primary N) is 1. The van der Waals surface area contributed by atoms with Gasteiger partial charge in [0.25, 0.3) is 0 Å². The van der Waals surface area contributed by atoms with Gasteiger partial charge >= 0.3 is 6.03 Å². The zero-order valence-corrected chi connectivity index (χ0v) is 12.8. The van der Waals surface area contributed by atoms with Gasteiger partial charge in [-0.1, -0.05) is 12.1 Å². The third-order valence-electron chi connectivity index (χ3n) is 2.83. The molecule has 0 saturated heterocycles. The van der Waals surface area contributed by atoms with Crippen LogP contribution in [-0.4, -0.2) is 44.9 Å². The highest BCUT2D eigenvalue weighted by Gasteiger charge is 2.11. The van der Waals surface area contributed by atoms with Crippen LogP contribution in [0, 0.1) is 0 Å². The van der Waals surface area contributed by atoms with Gasteiger partial charge in [0.2, 0.25) is 0 Å². The smallest absolute Gasteiger partial charge is 0.321 e. The number of rotatable bonds is 5. The maximum atomic E-state index is 11.8. The van der Waals surface area contributed by atoms with Crippen molar-refractivity contribution < 1.29 is 13.2 Å². The van der Waals surface area contributed by atoms with E-state index < -0.39 is 9.84 Å². The fourth-order valence-electron chi connectivity index (χ4n) is 1.49. The molecule has 6 nitrogen and oxygen atoms in total. The molecule has 0 heterocycles. The van der Waals surface area contributed by atoms with Gasteiger partial charge in [0.15, 0.2) is 0 Å². The van der Waals surface area contributed by atoms with Crippen LogP contribution in [0.4, 0.5) is 10.5 Å². The first kappa shape index (κ1) is 16.5. The summed E-state index contributed by atoms with van der Waals surface area (Å²) in [6.07, 6.45) is 1.14. The van der Waals surface area contributed by atoms with E-state index in [1.807, 2.05) is 19.1 Å². The Kier molecular flexibility index (Phi) is 5.52. The van der Waals surface area contributed by atoms with Crippen molar-refractivity contribution >= 4 is 21.6 Å². The Balaban J connectivity index is 2.57. The van der Waals surface area contributed by atoms with Crippen LogP contribution in [0.5, 0.6) is 0 Å². The second-order valence-corrected chi connectivity index (χ2v) is 7.15. The molecule has 0 aliphatic rings. The lowest BCUT2D eigenvalue weighted by Crippen LogP contribution is -2.34. The molecule has 0 bridgehead atoms. The molecule has 2 amide bonds. The number of benzene rings is 1. The molecular weight excluding hydrogens is 278 g/mol. The largest absolute Gasteiger partial charge is 0.327 e. The number of sulfone groups is 1. The first-order chi connectivity index (χ1) is 9.19. The zero-order chi connectivity index (χ0) is 15.3. The molecule has 0 aliphatic carbocycles. The quantitative estimate of drug-likeness (QED) is 0.855. The number of amides is 2. The average molecular weight is 299 g/mol. The van der Waals surface area contributed by atoms with Crippen molar-refractivity contribution in [1.29, 1.82) is 0 Å². The van der Waals surface area contributed by atoms with Gasteiger partial charge in [-0.3, -0.25) is 0 Å². The van der Waals surface area contributed by atoms with E-state index in [-0.39, 0.29) is 24.4 Å². The molecule has 3 N–H and O–H groups in total. The van der Waals surface area contributed by atoms with Gasteiger partial charge < -0.3 is 16.0 Å². The van der Waals surface area contributed by atoms with E-state index in [1.54, 1.807) is 19.2 Å². The molecule has 0 fully saturated rings. The van der Waals surface area contributed by atoms with Crippen molar-refractivity contribution in [3.05, 3.63) is 29.8 Å². The summed E-state index contributed by atoms with van der Waals surface area (Å²) in [5.41, 5.74) is 7.37. The fraction of sp³-hybridized carbons (Fsp3) is 0.462. The molecule has 112 valence electrons. The van der Waals surface area contributed by atoms with Crippen LogP contribution in [0.25, 0.3) is 0 Å². The van der Waals surface area contributed by atoms with E-state index >= 15 is 0 Å². The lowest BCUT2D eigenvalue weighted by molar-refractivity contribution is 0.225. The summed E-state index contributed by atoms with van der Waals surface area (Å²) in [6, 6.07) is 6.81. The first-order valence-electron chi connectivity index (χ1n) is 6.24. The molecule has 1 aromatic carbocycles. The second kappa shape index (κ2) is 6.71. The lowest BCUT2D eigenvalue weighted by atomic mass is 10.1. The molecule has 20 heavy (non-hydrogen) atoms. The minimum atomic E-state index is -3.08. The topological polar surface area (TPSA) is 92.5 Å². The molecule has 0 aliphatic heterocycles. The SMILES string of the molecule is CC(N)c1ccc(NC(=O)N(C)CCS(C)(=O)=O)cc1. The van der Waals surface area contributed by atoms with E-state index in [1.165, 1.54) is 4.90 Å². The lowest BCUT2D eigenvalue weighted by Gasteiger charge is -2.17. The summed E-state index contributed by atoms with van der Waals surface area (Å²) < 4.78 is 22.1. The molecule has 0 radical (unpaired) electrons. The maximum Gasteiger partial charge on any atom is 0.321 e. The standard InChI is InChI=1S/C13H21N3O3S/c1-10(14)11-4-6-12(7-5-11)15-13(17)16(2)8-9-20(3,18)19/h4-7,10H,8-9,14H2,1-3H3,(H,15,17). The Morgan fingerprint density at radius 2 is 1.90 bits per heavy atom. The van der Waals surface area contributed by atoms with Crippen LogP contribution in [0.2, 0.25) is 0 Å². The number of carbonyl (C=O) groups excluding carboxylic acids is 1. The Labute approximate surface area is 119 Å². The predicted molar refractivity (Wildman–Crippen MR) is 80.4 cm³/mol. The molecule has 1 rings (SSSR count). The van der Waals surface area contributed by atoms with Gasteiger partial charge in [-0.25, -0.2) is 13.2 Å². The van der Waals surface area contributed by atoms with E-state index in [4.69, 9.17) is 5.73 Å². The maximum absolute atomic E-state index is 11.8. The van der Waals surface area contributed by atoms with Crippen LogP contribution < -0.4 is 11.1 Å². The third kappa shape index (κ3) is 5.58. The Morgan fingerprint density at radius 1 is 1.35 bits per heavy atom. The van der Waals surface area contributed by atoms with Crippen molar-refractivity contribution in [3.63, 3.8) is 0 Å². The van der Waals surface area contributed by atoms with Gasteiger partial charge in [0.1, 0.15) is 9.84 Å². The molecule has 1 atom stereocenters. The highest BCUT2D eigenvalue weighted by Crippen LogP contribution is 2.14. The van der Waals surface area contributed by atoms with Gasteiger partial charge in [-0.2, -0.15) is 0 Å². The summed E-state index contributed by atoms with van der Waals surface area (Å²) in [7, 11) is -1.52. The molecule has 0 aromatic heterocycles. The second-order valence-electron chi connectivity index (χ2n) is 4.89. The van der Waals surface area contributed by atoms with Crippen molar-refractivity contribution in [2.24, 2.45) is 5.73 Å². The monoisotopic (exact) mass is 299 g/mol. The van der Waals surface area contributed by atoms with Gasteiger partial charge in [0.05, 0.1) is 5.75 Å². The van der Waals surface area contributed by atoms with Crippen LogP contribution in [0.15, 0.2) is 24.3 Å². The van der Waals surface area contributed by atoms with Crippen molar-refractivity contribution in [3.8, 4) is 0 Å². The van der Waals surface area contributed by atoms with Crippen molar-refractivity contribution in [2.45, 2.75) is 13.0 Å². The Hall–Kier alpha value is -1.60. The minimum Gasteiger partial charge on any atom is -0.327 e. The highest BCUT2D eigenvalue weighted by molar-refractivity contribution is 7.90. The van der Waals surface area contributed by atoms with Crippen molar-refractivity contribution in [2.75, 3.05) is 30.9 Å². The summed E-state index contributed by atoms with van der Waals surface area (Å²) in [4.78, 5) is 13.2. The Bertz CT molecular complexity index is 553. The van der Waals surface area contributed by atoms with E-state index in [0.717, 1.165) is 11.8 Å². The number of hydrogen-bond acceptors (Lipinski definition) is 4. The van der Waals surface area contributed by atoms with E-state index in [2.05, 4.69) is 5.32 Å². The average Bonchev–Trinajstić information content (AvgIpc) is 2.35. The van der Waals surface area contributed by atoms with Crippen LogP contribution >= 0.6 is 0 Å². The number of urea groups is 1. The molecular formula is C13H21N3O3S. The number of anilines is 1. The van der Waals surface area contributed by atoms with Crippen molar-refractivity contribution in [1.82, 2.24) is 4.90 Å². The van der Waals surface area contributed by atoms with Crippen LogP contribution in [0.1, 0.15) is 18.5 Å². The highest BCUT2D eigenvalue weighted by atomic mass is 32.2. The normalized spacial score (nSPS) is 12.8. The first-order valence-corrected chi connectivity index (χ1v) is 8.30. The van der Waals surface area contributed by atoms with E-state index in [0.29, 0.717) is 5.69 Å². The molecule has 7 heteroatoms. The summed E-state index contributed by atoms with van der Waals surface area (Å²) in [5, 5.41) is 2.70. The number of nitrogens with zero attached hydrogens (tertiary/aromatic N) is 1. The number of carbonyl (C=O) groups is 1. The molecule has 1 unspecified atom stereocenters. The van der Waals surface area contributed by atoms with E-state index in [9.17, 15) is 13.2 Å². The molecule has 0 spiro atoms. The van der Waals surface area contributed by atoms with Gasteiger partial charge in [-0.15, -0.1) is 0 Å². The minimum absolute atomic E-state index is 0.0550. The summed E-state index contributed by atoms with van der Waals surface area (Å²) in [6.45, 7) is 2.04. The summed E-state index contributed by atoms with van der Waals surface area (Å²) in [5.74, 6) is -0.0550. The fourth-order valence-corrected chi connectivity index (χ4v) is 2.10. The molecule has 0 saturated carbocycles. The third-order valence-corrected chi connectivity index (χ3v) is 3.76. The number of hydrogen-bond donors (Lipinski definition) is 2. The Morgan fingerprint density at radius 3 is 2.35 bits per heavy atom. The van der Waals surface area contributed by atoms with Crippen LogP contribution in [0.3, 0.4) is 0 Å².